The van der Waals surface area contributed by atoms with Crippen molar-refractivity contribution < 1.29 is 9.18 Å². The first-order chi connectivity index (χ1) is 10.6. The number of benzene rings is 1. The van der Waals surface area contributed by atoms with Gasteiger partial charge in [0.25, 0.3) is 5.91 Å². The topological polar surface area (TPSA) is 78.7 Å². The van der Waals surface area contributed by atoms with Crippen LogP contribution in [0.25, 0.3) is 6.08 Å². The van der Waals surface area contributed by atoms with Crippen molar-refractivity contribution in [2.45, 2.75) is 12.1 Å². The van der Waals surface area contributed by atoms with Crippen LogP contribution in [0.1, 0.15) is 12.5 Å². The Bertz CT molecular complexity index is 734. The van der Waals surface area contributed by atoms with E-state index in [9.17, 15) is 9.18 Å². The minimum absolute atomic E-state index is 0.0912. The number of aromatic nitrogens is 2. The summed E-state index contributed by atoms with van der Waals surface area (Å²) < 4.78 is 16.9. The van der Waals surface area contributed by atoms with E-state index in [1.54, 1.807) is 0 Å². The quantitative estimate of drug-likeness (QED) is 0.515. The largest absolute Gasteiger partial charge is 0.296 e. The van der Waals surface area contributed by atoms with Gasteiger partial charge in [-0.3, -0.25) is 10.1 Å². The van der Waals surface area contributed by atoms with Gasteiger partial charge in [-0.15, -0.1) is 0 Å². The normalized spacial score (nSPS) is 11.0. The van der Waals surface area contributed by atoms with Crippen LogP contribution in [0.15, 0.2) is 35.0 Å². The molecule has 0 bridgehead atoms. The molecule has 2 aromatic rings. The number of rotatable bonds is 5. The summed E-state index contributed by atoms with van der Waals surface area (Å²) in [7, 11) is 0. The molecule has 0 atom stereocenters. The number of nitrogens with zero attached hydrogens (tertiary/aromatic N) is 3. The van der Waals surface area contributed by atoms with Gasteiger partial charge in [0.1, 0.15) is 17.5 Å². The fourth-order valence-corrected chi connectivity index (χ4v) is 2.75. The minimum Gasteiger partial charge on any atom is -0.296 e. The highest BCUT2D eigenvalue weighted by molar-refractivity contribution is 7.99. The molecule has 0 aliphatic carbocycles. The lowest BCUT2D eigenvalue weighted by molar-refractivity contribution is -0.112. The van der Waals surface area contributed by atoms with E-state index < -0.39 is 5.91 Å². The van der Waals surface area contributed by atoms with E-state index in [1.165, 1.54) is 42.1 Å². The fourth-order valence-electron chi connectivity index (χ4n) is 1.49. The summed E-state index contributed by atoms with van der Waals surface area (Å²) >= 11 is 2.52. The Balaban J connectivity index is 2.11. The summed E-state index contributed by atoms with van der Waals surface area (Å²) in [6, 6.07) is 7.32. The lowest BCUT2D eigenvalue weighted by atomic mass is 10.1. The Morgan fingerprint density at radius 3 is 2.86 bits per heavy atom. The maximum Gasteiger partial charge on any atom is 0.268 e. The number of carbonyl (C=O) groups is 1. The van der Waals surface area contributed by atoms with E-state index in [0.29, 0.717) is 15.9 Å². The number of nitrogens with one attached hydrogen (secondary N) is 1. The van der Waals surface area contributed by atoms with Gasteiger partial charge < -0.3 is 0 Å². The average Bonchev–Trinajstić information content (AvgIpc) is 2.94. The summed E-state index contributed by atoms with van der Waals surface area (Å²) in [6.45, 7) is 1.98. The zero-order valence-electron chi connectivity index (χ0n) is 11.5. The number of anilines is 1. The van der Waals surface area contributed by atoms with Crippen molar-refractivity contribution >= 4 is 40.4 Å². The molecule has 0 unspecified atom stereocenters. The summed E-state index contributed by atoms with van der Waals surface area (Å²) in [6.07, 6.45) is 1.39. The molecule has 8 heteroatoms. The van der Waals surface area contributed by atoms with Crippen LogP contribution in [-0.2, 0) is 4.79 Å². The van der Waals surface area contributed by atoms with Crippen LogP contribution >= 0.6 is 23.3 Å². The first-order valence-corrected chi connectivity index (χ1v) is 8.03. The molecule has 0 aliphatic heterocycles. The fraction of sp³-hybridized carbons (Fsp3) is 0.143. The van der Waals surface area contributed by atoms with Crippen LogP contribution in [0.3, 0.4) is 0 Å². The number of halogens is 1. The van der Waals surface area contributed by atoms with Gasteiger partial charge in [-0.2, -0.15) is 14.6 Å². The highest BCUT2D eigenvalue weighted by Crippen LogP contribution is 2.20. The molecule has 1 heterocycles. The SMILES string of the molecule is CCSc1nsc(NC(=O)/C(C#N)=C\c2ccc(F)cc2)n1. The second kappa shape index (κ2) is 7.68. The lowest BCUT2D eigenvalue weighted by Crippen LogP contribution is -2.13. The van der Waals surface area contributed by atoms with Crippen molar-refractivity contribution in [2.75, 3.05) is 11.1 Å². The van der Waals surface area contributed by atoms with Crippen molar-refractivity contribution in [3.05, 3.63) is 41.2 Å². The van der Waals surface area contributed by atoms with Crippen LogP contribution in [0.2, 0.25) is 0 Å². The number of amides is 1. The summed E-state index contributed by atoms with van der Waals surface area (Å²) in [5, 5.41) is 12.5. The van der Waals surface area contributed by atoms with Crippen LogP contribution in [0.5, 0.6) is 0 Å². The van der Waals surface area contributed by atoms with Gasteiger partial charge >= 0.3 is 0 Å². The smallest absolute Gasteiger partial charge is 0.268 e. The molecule has 0 aliphatic rings. The van der Waals surface area contributed by atoms with E-state index in [0.717, 1.165) is 17.3 Å². The molecule has 112 valence electrons. The number of thioether (sulfide) groups is 1. The van der Waals surface area contributed by atoms with E-state index in [1.807, 2.05) is 13.0 Å². The van der Waals surface area contributed by atoms with Crippen molar-refractivity contribution in [1.29, 1.82) is 5.26 Å². The van der Waals surface area contributed by atoms with Crippen molar-refractivity contribution in [3.63, 3.8) is 0 Å². The third-order valence-electron chi connectivity index (χ3n) is 2.45. The predicted molar refractivity (Wildman–Crippen MR) is 84.9 cm³/mol. The highest BCUT2D eigenvalue weighted by atomic mass is 32.2. The first-order valence-electron chi connectivity index (χ1n) is 6.27. The molecule has 22 heavy (non-hydrogen) atoms. The highest BCUT2D eigenvalue weighted by Gasteiger charge is 2.12. The summed E-state index contributed by atoms with van der Waals surface area (Å²) in [4.78, 5) is 16.2. The maximum absolute atomic E-state index is 12.8. The molecular formula is C14H11FN4OS2. The van der Waals surface area contributed by atoms with E-state index >= 15 is 0 Å². The molecular weight excluding hydrogens is 323 g/mol. The van der Waals surface area contributed by atoms with Gasteiger partial charge in [0.05, 0.1) is 0 Å². The zero-order chi connectivity index (χ0) is 15.9. The van der Waals surface area contributed by atoms with Gasteiger partial charge in [0, 0.05) is 11.5 Å². The monoisotopic (exact) mass is 334 g/mol. The molecule has 1 aromatic heterocycles. The second-order valence-electron chi connectivity index (χ2n) is 3.99. The predicted octanol–water partition coefficient (Wildman–Crippen LogP) is 3.33. The molecule has 1 amide bonds. The van der Waals surface area contributed by atoms with Gasteiger partial charge in [-0.25, -0.2) is 4.39 Å². The second-order valence-corrected chi connectivity index (χ2v) is 5.97. The number of nitriles is 1. The molecule has 1 aromatic carbocycles. The molecule has 0 radical (unpaired) electrons. The zero-order valence-corrected chi connectivity index (χ0v) is 13.2. The Labute approximate surface area is 135 Å². The first kappa shape index (κ1) is 16.1. The van der Waals surface area contributed by atoms with Crippen molar-refractivity contribution in [3.8, 4) is 6.07 Å². The summed E-state index contributed by atoms with van der Waals surface area (Å²) in [5.74, 6) is -0.121. The number of hydrogen-bond acceptors (Lipinski definition) is 6. The molecule has 1 N–H and O–H groups in total. The Morgan fingerprint density at radius 1 is 1.50 bits per heavy atom. The Hall–Kier alpha value is -2.24. The van der Waals surface area contributed by atoms with E-state index in [2.05, 4.69) is 14.7 Å². The standard InChI is InChI=1S/C14H11FN4OS2/c1-2-21-14-18-13(22-19-14)17-12(20)10(8-16)7-9-3-5-11(15)6-4-9/h3-7H,2H2,1H3,(H,17,18,19,20)/b10-7-. The van der Waals surface area contributed by atoms with Crippen molar-refractivity contribution in [1.82, 2.24) is 9.36 Å². The van der Waals surface area contributed by atoms with Crippen LogP contribution in [-0.4, -0.2) is 21.0 Å². The van der Waals surface area contributed by atoms with Gasteiger partial charge in [0.15, 0.2) is 0 Å². The molecule has 0 fully saturated rings. The van der Waals surface area contributed by atoms with E-state index in [-0.39, 0.29) is 11.4 Å². The molecule has 0 saturated heterocycles. The molecule has 5 nitrogen and oxygen atoms in total. The average molecular weight is 334 g/mol. The third kappa shape index (κ3) is 4.38. The molecule has 0 spiro atoms. The maximum atomic E-state index is 12.8. The minimum atomic E-state index is -0.573. The number of hydrogen-bond donors (Lipinski definition) is 1. The summed E-state index contributed by atoms with van der Waals surface area (Å²) in [5.41, 5.74) is 0.471. The number of carbonyl (C=O) groups excluding carboxylic acids is 1. The third-order valence-corrected chi connectivity index (χ3v) is 3.92. The Morgan fingerprint density at radius 2 is 2.23 bits per heavy atom. The lowest BCUT2D eigenvalue weighted by Gasteiger charge is -1.99. The van der Waals surface area contributed by atoms with Crippen LogP contribution in [0.4, 0.5) is 9.52 Å². The van der Waals surface area contributed by atoms with Gasteiger partial charge in [-0.1, -0.05) is 30.8 Å². The molecule has 0 saturated carbocycles. The van der Waals surface area contributed by atoms with Gasteiger partial charge in [-0.05, 0) is 29.5 Å². The van der Waals surface area contributed by atoms with Crippen LogP contribution in [0, 0.1) is 17.1 Å². The van der Waals surface area contributed by atoms with Crippen molar-refractivity contribution in [2.24, 2.45) is 0 Å². The van der Waals surface area contributed by atoms with Crippen LogP contribution < -0.4 is 5.32 Å². The van der Waals surface area contributed by atoms with Gasteiger partial charge in [0.2, 0.25) is 10.3 Å². The van der Waals surface area contributed by atoms with E-state index in [4.69, 9.17) is 5.26 Å². The molecule has 2 rings (SSSR count). The Kier molecular flexibility index (Phi) is 5.63.